The lowest BCUT2D eigenvalue weighted by Crippen LogP contribution is -2.11. The van der Waals surface area contributed by atoms with Crippen molar-refractivity contribution in [3.63, 3.8) is 0 Å². The molecule has 21 heavy (non-hydrogen) atoms. The van der Waals surface area contributed by atoms with Gasteiger partial charge in [0, 0.05) is 11.3 Å². The Balaban J connectivity index is 1.75. The standard InChI is InChI=1S/C16H14N2O2S/c1-2-20-13-6-3-11(4-7-13)16(19)18-12-5-8-15-14(9-12)17-10-21-15/h3-10H,2H2,1H3,(H,18,19). The van der Waals surface area contributed by atoms with Crippen LogP contribution in [0.25, 0.3) is 10.2 Å². The molecule has 0 aliphatic carbocycles. The summed E-state index contributed by atoms with van der Waals surface area (Å²) in [5.74, 6) is 0.616. The van der Waals surface area contributed by atoms with Gasteiger partial charge >= 0.3 is 0 Å². The molecule has 0 saturated carbocycles. The number of hydrogen-bond acceptors (Lipinski definition) is 4. The first-order chi connectivity index (χ1) is 10.3. The molecule has 0 fully saturated rings. The molecule has 0 bridgehead atoms. The maximum absolute atomic E-state index is 12.2. The number of nitrogens with zero attached hydrogens (tertiary/aromatic N) is 1. The summed E-state index contributed by atoms with van der Waals surface area (Å²) in [4.78, 5) is 16.4. The Morgan fingerprint density at radius 1 is 1.24 bits per heavy atom. The van der Waals surface area contributed by atoms with E-state index >= 15 is 0 Å². The number of hydrogen-bond donors (Lipinski definition) is 1. The lowest BCUT2D eigenvalue weighted by atomic mass is 10.2. The summed E-state index contributed by atoms with van der Waals surface area (Å²) < 4.78 is 6.46. The molecule has 3 rings (SSSR count). The Morgan fingerprint density at radius 2 is 2.05 bits per heavy atom. The molecule has 106 valence electrons. The maximum Gasteiger partial charge on any atom is 0.255 e. The van der Waals surface area contributed by atoms with Crippen molar-refractivity contribution in [2.75, 3.05) is 11.9 Å². The molecule has 1 N–H and O–H groups in total. The van der Waals surface area contributed by atoms with E-state index in [1.165, 1.54) is 0 Å². The molecule has 0 atom stereocenters. The van der Waals surface area contributed by atoms with Crippen molar-refractivity contribution in [1.82, 2.24) is 4.98 Å². The zero-order valence-electron chi connectivity index (χ0n) is 11.5. The average Bonchev–Trinajstić information content (AvgIpc) is 2.96. The molecule has 1 aromatic heterocycles. The third-order valence-electron chi connectivity index (χ3n) is 3.02. The highest BCUT2D eigenvalue weighted by atomic mass is 32.1. The molecular formula is C16H14N2O2S. The second-order valence-corrected chi connectivity index (χ2v) is 5.33. The van der Waals surface area contributed by atoms with Crippen LogP contribution in [0.1, 0.15) is 17.3 Å². The summed E-state index contributed by atoms with van der Waals surface area (Å²) >= 11 is 1.58. The molecule has 5 heteroatoms. The van der Waals surface area contributed by atoms with Gasteiger partial charge in [-0.2, -0.15) is 0 Å². The number of amides is 1. The van der Waals surface area contributed by atoms with Crippen LogP contribution in [0.5, 0.6) is 5.75 Å². The number of anilines is 1. The lowest BCUT2D eigenvalue weighted by molar-refractivity contribution is 0.102. The number of thiazole rings is 1. The van der Waals surface area contributed by atoms with Crippen molar-refractivity contribution in [3.8, 4) is 5.75 Å². The zero-order valence-corrected chi connectivity index (χ0v) is 12.3. The first-order valence-corrected chi connectivity index (χ1v) is 7.51. The molecular weight excluding hydrogens is 284 g/mol. The van der Waals surface area contributed by atoms with Crippen LogP contribution >= 0.6 is 11.3 Å². The zero-order chi connectivity index (χ0) is 14.7. The van der Waals surface area contributed by atoms with Gasteiger partial charge < -0.3 is 10.1 Å². The van der Waals surface area contributed by atoms with E-state index in [4.69, 9.17) is 4.74 Å². The predicted octanol–water partition coefficient (Wildman–Crippen LogP) is 3.95. The van der Waals surface area contributed by atoms with E-state index in [1.807, 2.05) is 25.1 Å². The monoisotopic (exact) mass is 298 g/mol. The van der Waals surface area contributed by atoms with Gasteiger partial charge in [0.05, 0.1) is 22.3 Å². The molecule has 2 aromatic carbocycles. The number of benzene rings is 2. The second kappa shape index (κ2) is 5.93. The average molecular weight is 298 g/mol. The third-order valence-corrected chi connectivity index (χ3v) is 3.83. The van der Waals surface area contributed by atoms with Gasteiger partial charge in [0.1, 0.15) is 5.75 Å². The van der Waals surface area contributed by atoms with E-state index in [9.17, 15) is 4.79 Å². The Hall–Kier alpha value is -2.40. The number of rotatable bonds is 4. The summed E-state index contributed by atoms with van der Waals surface area (Å²) in [7, 11) is 0. The van der Waals surface area contributed by atoms with Gasteiger partial charge in [-0.1, -0.05) is 0 Å². The number of nitrogens with one attached hydrogen (secondary N) is 1. The van der Waals surface area contributed by atoms with Gasteiger partial charge in [-0.05, 0) is 49.4 Å². The largest absolute Gasteiger partial charge is 0.494 e. The van der Waals surface area contributed by atoms with E-state index < -0.39 is 0 Å². The van der Waals surface area contributed by atoms with Crippen molar-refractivity contribution in [2.45, 2.75) is 6.92 Å². The molecule has 0 unspecified atom stereocenters. The Bertz CT molecular complexity index is 765. The van der Waals surface area contributed by atoms with Gasteiger partial charge in [-0.15, -0.1) is 11.3 Å². The summed E-state index contributed by atoms with van der Waals surface area (Å²) in [6, 6.07) is 12.8. The first kappa shape index (κ1) is 13.6. The van der Waals surface area contributed by atoms with Crippen LogP contribution in [0.4, 0.5) is 5.69 Å². The Morgan fingerprint density at radius 3 is 2.81 bits per heavy atom. The van der Waals surface area contributed by atoms with Crippen molar-refractivity contribution in [1.29, 1.82) is 0 Å². The number of carbonyl (C=O) groups is 1. The normalized spacial score (nSPS) is 10.5. The topological polar surface area (TPSA) is 51.2 Å². The number of aromatic nitrogens is 1. The Kier molecular flexibility index (Phi) is 3.83. The summed E-state index contributed by atoms with van der Waals surface area (Å²) in [6.07, 6.45) is 0. The minimum absolute atomic E-state index is 0.146. The van der Waals surface area contributed by atoms with E-state index in [-0.39, 0.29) is 5.91 Å². The van der Waals surface area contributed by atoms with E-state index in [0.717, 1.165) is 21.7 Å². The quantitative estimate of drug-likeness (QED) is 0.793. The first-order valence-electron chi connectivity index (χ1n) is 6.64. The van der Waals surface area contributed by atoms with Crippen LogP contribution in [-0.4, -0.2) is 17.5 Å². The fraction of sp³-hybridized carbons (Fsp3) is 0.125. The van der Waals surface area contributed by atoms with Crippen molar-refractivity contribution < 1.29 is 9.53 Å². The van der Waals surface area contributed by atoms with E-state index in [0.29, 0.717) is 12.2 Å². The summed E-state index contributed by atoms with van der Waals surface area (Å²) in [6.45, 7) is 2.54. The molecule has 0 spiro atoms. The van der Waals surface area contributed by atoms with E-state index in [1.54, 1.807) is 41.1 Å². The molecule has 1 amide bonds. The Labute approximate surface area is 126 Å². The van der Waals surface area contributed by atoms with Crippen LogP contribution in [-0.2, 0) is 0 Å². The number of fused-ring (bicyclic) bond motifs is 1. The summed E-state index contributed by atoms with van der Waals surface area (Å²) in [5, 5.41) is 2.88. The minimum Gasteiger partial charge on any atom is -0.494 e. The van der Waals surface area contributed by atoms with Crippen LogP contribution in [0.15, 0.2) is 48.0 Å². The smallest absolute Gasteiger partial charge is 0.255 e. The van der Waals surface area contributed by atoms with Crippen LogP contribution in [0.3, 0.4) is 0 Å². The van der Waals surface area contributed by atoms with Crippen molar-refractivity contribution in [3.05, 3.63) is 53.5 Å². The molecule has 0 aliphatic rings. The van der Waals surface area contributed by atoms with Gasteiger partial charge in [-0.3, -0.25) is 4.79 Å². The van der Waals surface area contributed by atoms with Gasteiger partial charge in [0.25, 0.3) is 5.91 Å². The highest BCUT2D eigenvalue weighted by Gasteiger charge is 2.07. The minimum atomic E-state index is -0.146. The number of ether oxygens (including phenoxy) is 1. The lowest BCUT2D eigenvalue weighted by Gasteiger charge is -2.07. The van der Waals surface area contributed by atoms with Gasteiger partial charge in [0.15, 0.2) is 0 Å². The molecule has 3 aromatic rings. The fourth-order valence-corrected chi connectivity index (χ4v) is 2.67. The SMILES string of the molecule is CCOc1ccc(C(=O)Nc2ccc3scnc3c2)cc1. The molecule has 0 radical (unpaired) electrons. The molecule has 0 saturated heterocycles. The fourth-order valence-electron chi connectivity index (χ4n) is 2.01. The molecule has 4 nitrogen and oxygen atoms in total. The molecule has 0 aliphatic heterocycles. The third kappa shape index (κ3) is 3.03. The molecule has 1 heterocycles. The number of carbonyl (C=O) groups excluding carboxylic acids is 1. The van der Waals surface area contributed by atoms with Crippen LogP contribution in [0, 0.1) is 0 Å². The predicted molar refractivity (Wildman–Crippen MR) is 85.2 cm³/mol. The second-order valence-electron chi connectivity index (χ2n) is 4.45. The maximum atomic E-state index is 12.2. The van der Waals surface area contributed by atoms with Gasteiger partial charge in [0.2, 0.25) is 0 Å². The van der Waals surface area contributed by atoms with Crippen LogP contribution < -0.4 is 10.1 Å². The van der Waals surface area contributed by atoms with Crippen molar-refractivity contribution in [2.24, 2.45) is 0 Å². The van der Waals surface area contributed by atoms with Crippen LogP contribution in [0.2, 0.25) is 0 Å². The highest BCUT2D eigenvalue weighted by molar-refractivity contribution is 7.16. The summed E-state index contributed by atoms with van der Waals surface area (Å²) in [5.41, 5.74) is 4.02. The van der Waals surface area contributed by atoms with Crippen molar-refractivity contribution >= 4 is 33.1 Å². The van der Waals surface area contributed by atoms with E-state index in [2.05, 4.69) is 10.3 Å². The van der Waals surface area contributed by atoms with Gasteiger partial charge in [-0.25, -0.2) is 4.98 Å². The highest BCUT2D eigenvalue weighted by Crippen LogP contribution is 2.22.